The number of nitrogens with one attached hydrogen (secondary N) is 1. The van der Waals surface area contributed by atoms with Gasteiger partial charge in [-0.2, -0.15) is 11.3 Å². The Bertz CT molecular complexity index is 1220. The van der Waals surface area contributed by atoms with Gasteiger partial charge in [-0.1, -0.05) is 32.9 Å². The van der Waals surface area contributed by atoms with Crippen molar-refractivity contribution < 1.29 is 9.90 Å². The third-order valence-electron chi connectivity index (χ3n) is 5.07. The van der Waals surface area contributed by atoms with Crippen LogP contribution < -0.4 is 5.32 Å². The maximum Gasteiger partial charge on any atom is 0.335 e. The number of hydrogen-bond acceptors (Lipinski definition) is 5. The van der Waals surface area contributed by atoms with Gasteiger partial charge < -0.3 is 10.4 Å². The Labute approximate surface area is 179 Å². The molecule has 0 bridgehead atoms. The average molecular weight is 418 g/mol. The second kappa shape index (κ2) is 8.24. The summed E-state index contributed by atoms with van der Waals surface area (Å²) in [6, 6.07) is 13.1. The fourth-order valence-corrected chi connectivity index (χ4v) is 4.18. The smallest absolute Gasteiger partial charge is 0.335 e. The molecule has 0 radical (unpaired) electrons. The van der Waals surface area contributed by atoms with Gasteiger partial charge in [0.2, 0.25) is 0 Å². The normalized spacial score (nSPS) is 11.2. The highest BCUT2D eigenvalue weighted by Crippen LogP contribution is 2.31. The summed E-state index contributed by atoms with van der Waals surface area (Å²) in [5.74, 6) is 0.909. The van der Waals surface area contributed by atoms with Crippen LogP contribution in [-0.4, -0.2) is 21.0 Å². The number of carboxylic acids is 1. The van der Waals surface area contributed by atoms with E-state index in [2.05, 4.69) is 31.5 Å². The van der Waals surface area contributed by atoms with E-state index in [1.54, 1.807) is 23.5 Å². The minimum atomic E-state index is -0.921. The molecule has 0 saturated carbocycles. The molecule has 2 heterocycles. The lowest BCUT2D eigenvalue weighted by molar-refractivity contribution is 0.0697. The van der Waals surface area contributed by atoms with E-state index in [-0.39, 0.29) is 11.5 Å². The van der Waals surface area contributed by atoms with E-state index >= 15 is 0 Å². The molecule has 152 valence electrons. The van der Waals surface area contributed by atoms with Crippen LogP contribution in [0.1, 0.15) is 48.3 Å². The van der Waals surface area contributed by atoms with Gasteiger partial charge in [-0.05, 0) is 58.8 Å². The summed E-state index contributed by atoms with van der Waals surface area (Å²) >= 11 is 1.63. The van der Waals surface area contributed by atoms with Gasteiger partial charge in [0.1, 0.15) is 5.82 Å². The van der Waals surface area contributed by atoms with Gasteiger partial charge in [-0.15, -0.1) is 0 Å². The molecular weight excluding hydrogens is 394 g/mol. The molecule has 2 aromatic heterocycles. The molecule has 4 aromatic rings. The summed E-state index contributed by atoms with van der Waals surface area (Å²) in [7, 11) is 0. The number of thiophene rings is 1. The van der Waals surface area contributed by atoms with Crippen LogP contribution in [-0.2, 0) is 6.42 Å². The Hall–Kier alpha value is -3.25. The second-order valence-corrected chi connectivity index (χ2v) is 8.27. The van der Waals surface area contributed by atoms with E-state index in [9.17, 15) is 9.90 Å². The molecule has 2 N–H and O–H groups in total. The van der Waals surface area contributed by atoms with Gasteiger partial charge >= 0.3 is 5.97 Å². The Morgan fingerprint density at radius 2 is 1.87 bits per heavy atom. The summed E-state index contributed by atoms with van der Waals surface area (Å²) in [6.07, 6.45) is 0.829. The zero-order valence-corrected chi connectivity index (χ0v) is 18.0. The Balaban J connectivity index is 1.77. The van der Waals surface area contributed by atoms with Gasteiger partial charge in [0, 0.05) is 22.2 Å². The topological polar surface area (TPSA) is 75.1 Å². The standard InChI is InChI=1S/C24H23N3O2S/c1-4-20-21(14(2)3)26-22(18-9-10-30-13-18)27-23(20)25-19-8-7-15-11-17(24(28)29)6-5-16(15)12-19/h5-14H,4H2,1-3H3,(H,28,29)(H,25,26,27). The molecule has 30 heavy (non-hydrogen) atoms. The second-order valence-electron chi connectivity index (χ2n) is 7.49. The first kappa shape index (κ1) is 20.0. The lowest BCUT2D eigenvalue weighted by atomic mass is 10.0. The van der Waals surface area contributed by atoms with E-state index in [0.717, 1.165) is 51.3 Å². The number of benzene rings is 2. The summed E-state index contributed by atoms with van der Waals surface area (Å²) in [5.41, 5.74) is 4.39. The predicted octanol–water partition coefficient (Wildman–Crippen LogP) is 6.49. The minimum absolute atomic E-state index is 0.284. The maximum atomic E-state index is 11.2. The van der Waals surface area contributed by atoms with Crippen LogP contribution in [0.3, 0.4) is 0 Å². The lowest BCUT2D eigenvalue weighted by Crippen LogP contribution is -2.08. The van der Waals surface area contributed by atoms with Gasteiger partial charge in [0.05, 0.1) is 11.3 Å². The molecule has 0 atom stereocenters. The predicted molar refractivity (Wildman–Crippen MR) is 123 cm³/mol. The fraction of sp³-hybridized carbons (Fsp3) is 0.208. The fourth-order valence-electron chi connectivity index (χ4n) is 3.54. The molecular formula is C24H23N3O2S. The van der Waals surface area contributed by atoms with Gasteiger partial charge in [0.15, 0.2) is 5.82 Å². The monoisotopic (exact) mass is 417 g/mol. The van der Waals surface area contributed by atoms with E-state index in [1.165, 1.54) is 0 Å². The Morgan fingerprint density at radius 3 is 2.53 bits per heavy atom. The van der Waals surface area contributed by atoms with Gasteiger partial charge in [-0.3, -0.25) is 0 Å². The molecule has 5 nitrogen and oxygen atoms in total. The third kappa shape index (κ3) is 3.91. The third-order valence-corrected chi connectivity index (χ3v) is 5.75. The highest BCUT2D eigenvalue weighted by atomic mass is 32.1. The zero-order chi connectivity index (χ0) is 21.3. The van der Waals surface area contributed by atoms with Crippen LogP contribution in [0, 0.1) is 0 Å². The number of carbonyl (C=O) groups is 1. The molecule has 0 fully saturated rings. The average Bonchev–Trinajstić information content (AvgIpc) is 3.27. The van der Waals surface area contributed by atoms with Crippen molar-refractivity contribution in [1.29, 1.82) is 0 Å². The summed E-state index contributed by atoms with van der Waals surface area (Å²) in [4.78, 5) is 20.9. The van der Waals surface area contributed by atoms with Crippen molar-refractivity contribution in [2.45, 2.75) is 33.1 Å². The van der Waals surface area contributed by atoms with E-state index in [1.807, 2.05) is 35.7 Å². The van der Waals surface area contributed by atoms with Crippen molar-refractivity contribution in [3.8, 4) is 11.4 Å². The number of hydrogen-bond donors (Lipinski definition) is 2. The Kier molecular flexibility index (Phi) is 5.50. The van der Waals surface area contributed by atoms with Crippen molar-refractivity contribution in [3.05, 3.63) is 70.0 Å². The number of nitrogens with zero attached hydrogens (tertiary/aromatic N) is 2. The first-order valence-corrected chi connectivity index (χ1v) is 10.9. The molecule has 0 aliphatic carbocycles. The summed E-state index contributed by atoms with van der Waals surface area (Å²) in [6.45, 7) is 6.42. The summed E-state index contributed by atoms with van der Waals surface area (Å²) < 4.78 is 0. The number of fused-ring (bicyclic) bond motifs is 1. The molecule has 0 amide bonds. The van der Waals surface area contributed by atoms with Gasteiger partial charge in [0.25, 0.3) is 0 Å². The lowest BCUT2D eigenvalue weighted by Gasteiger charge is -2.18. The molecule has 0 aliphatic rings. The van der Waals surface area contributed by atoms with Crippen molar-refractivity contribution in [2.75, 3.05) is 5.32 Å². The molecule has 0 spiro atoms. The number of aromatic carboxylic acids is 1. The quantitative estimate of drug-likeness (QED) is 0.375. The molecule has 0 unspecified atom stereocenters. The SMILES string of the molecule is CCc1c(Nc2ccc3cc(C(=O)O)ccc3c2)nc(-c2ccsc2)nc1C(C)C. The largest absolute Gasteiger partial charge is 0.478 e. The molecule has 2 aromatic carbocycles. The van der Waals surface area contributed by atoms with Crippen LogP contribution >= 0.6 is 11.3 Å². The first-order valence-electron chi connectivity index (χ1n) is 9.93. The van der Waals surface area contributed by atoms with Crippen molar-refractivity contribution in [3.63, 3.8) is 0 Å². The van der Waals surface area contributed by atoms with Crippen molar-refractivity contribution in [2.24, 2.45) is 0 Å². The molecule has 6 heteroatoms. The molecule has 0 aliphatic heterocycles. The zero-order valence-electron chi connectivity index (χ0n) is 17.1. The first-order chi connectivity index (χ1) is 14.5. The molecule has 0 saturated heterocycles. The van der Waals surface area contributed by atoms with Gasteiger partial charge in [-0.25, -0.2) is 14.8 Å². The number of aromatic nitrogens is 2. The maximum absolute atomic E-state index is 11.2. The van der Waals surface area contributed by atoms with Crippen LogP contribution in [0.25, 0.3) is 22.2 Å². The van der Waals surface area contributed by atoms with E-state index < -0.39 is 5.97 Å². The van der Waals surface area contributed by atoms with Crippen LogP contribution in [0.15, 0.2) is 53.2 Å². The Morgan fingerprint density at radius 1 is 1.10 bits per heavy atom. The van der Waals surface area contributed by atoms with Crippen LogP contribution in [0.5, 0.6) is 0 Å². The summed E-state index contributed by atoms with van der Waals surface area (Å²) in [5, 5.41) is 18.6. The van der Waals surface area contributed by atoms with Crippen LogP contribution in [0.4, 0.5) is 11.5 Å². The molecule has 4 rings (SSSR count). The minimum Gasteiger partial charge on any atom is -0.478 e. The highest BCUT2D eigenvalue weighted by molar-refractivity contribution is 7.08. The van der Waals surface area contributed by atoms with Crippen LogP contribution in [0.2, 0.25) is 0 Å². The van der Waals surface area contributed by atoms with E-state index in [4.69, 9.17) is 9.97 Å². The number of carboxylic acid groups (broad SMARTS) is 1. The van der Waals surface area contributed by atoms with Crippen molar-refractivity contribution in [1.82, 2.24) is 9.97 Å². The number of rotatable bonds is 6. The van der Waals surface area contributed by atoms with E-state index in [0.29, 0.717) is 0 Å². The van der Waals surface area contributed by atoms with Crippen molar-refractivity contribution >= 4 is 39.6 Å². The number of anilines is 2. The highest BCUT2D eigenvalue weighted by Gasteiger charge is 2.17.